The fourth-order valence-electron chi connectivity index (χ4n) is 3.21. The molecule has 0 amide bonds. The van der Waals surface area contributed by atoms with Crippen molar-refractivity contribution in [2.24, 2.45) is 4.99 Å². The summed E-state index contributed by atoms with van der Waals surface area (Å²) in [7, 11) is 0. The number of nitrogens with zero attached hydrogens (tertiary/aromatic N) is 4. The van der Waals surface area contributed by atoms with Crippen LogP contribution in [0, 0.1) is 10.1 Å². The minimum atomic E-state index is -0.420. The van der Waals surface area contributed by atoms with Gasteiger partial charge in [-0.1, -0.05) is 30.3 Å². The first-order valence-corrected chi connectivity index (χ1v) is 9.62. The average Bonchev–Trinajstić information content (AvgIpc) is 3.23. The van der Waals surface area contributed by atoms with Gasteiger partial charge in [0, 0.05) is 23.4 Å². The van der Waals surface area contributed by atoms with Gasteiger partial charge < -0.3 is 12.6 Å². The van der Waals surface area contributed by atoms with Crippen LogP contribution in [0.4, 0.5) is 11.4 Å². The maximum Gasteiger partial charge on any atom is 0.314 e. The predicted molar refractivity (Wildman–Crippen MR) is 106 cm³/mol. The van der Waals surface area contributed by atoms with Gasteiger partial charge in [-0.05, 0) is 23.9 Å². The number of nitro benzene ring substituents is 1. The van der Waals surface area contributed by atoms with E-state index in [4.69, 9.17) is 12.6 Å². The number of amidine groups is 2. The Morgan fingerprint density at radius 3 is 2.65 bits per heavy atom. The first-order valence-electron chi connectivity index (χ1n) is 8.22. The number of non-ortho nitro benzene ring substituents is 1. The van der Waals surface area contributed by atoms with Crippen LogP contribution in [0.3, 0.4) is 0 Å². The molecule has 26 heavy (non-hydrogen) atoms. The van der Waals surface area contributed by atoms with Crippen molar-refractivity contribution >= 4 is 46.1 Å². The Labute approximate surface area is 160 Å². The summed E-state index contributed by atoms with van der Waals surface area (Å²) in [6.45, 7) is 1.91. The topological polar surface area (TPSA) is 61.8 Å². The molecule has 2 aliphatic rings. The van der Waals surface area contributed by atoms with Crippen LogP contribution in [0.2, 0.25) is 0 Å². The molecule has 0 N–H and O–H groups in total. The van der Waals surface area contributed by atoms with Gasteiger partial charge in [0.1, 0.15) is 6.54 Å². The van der Waals surface area contributed by atoms with Crippen LogP contribution in [0.25, 0.3) is 0 Å². The van der Waals surface area contributed by atoms with Crippen LogP contribution >= 0.6 is 11.8 Å². The standard InChI is InChI=1S/C18H16N4O2S2/c23-22(24)15-8-6-14(7-9-15)19-17(25)21-16(13-4-2-1-3-5-13)12-20-10-11-26-18(20)21/h1-9,16H,10-12H2. The fraction of sp³-hybridized carbons (Fsp3) is 0.222. The lowest BCUT2D eigenvalue weighted by molar-refractivity contribution is -0.511. The highest BCUT2D eigenvalue weighted by Gasteiger charge is 2.43. The summed E-state index contributed by atoms with van der Waals surface area (Å²) in [4.78, 5) is 17.0. The Hall–Kier alpha value is -2.45. The quantitative estimate of drug-likeness (QED) is 0.203. The summed E-state index contributed by atoms with van der Waals surface area (Å²) in [5.41, 5.74) is 1.87. The molecule has 4 rings (SSSR count). The molecule has 1 unspecified atom stereocenters. The summed E-state index contributed by atoms with van der Waals surface area (Å²) in [5.74, 6) is 1.05. The first kappa shape index (κ1) is 17.0. The third-order valence-electron chi connectivity index (χ3n) is 4.45. The highest BCUT2D eigenvalue weighted by Crippen LogP contribution is 2.34. The second kappa shape index (κ2) is 7.05. The van der Waals surface area contributed by atoms with E-state index in [0.717, 1.165) is 24.0 Å². The molecule has 0 saturated carbocycles. The van der Waals surface area contributed by atoms with Gasteiger partial charge in [-0.25, -0.2) is 9.89 Å². The lowest BCUT2D eigenvalue weighted by atomic mass is 10.1. The summed E-state index contributed by atoms with van der Waals surface area (Å²) >= 11 is 7.44. The van der Waals surface area contributed by atoms with Crippen molar-refractivity contribution in [3.05, 3.63) is 70.3 Å². The van der Waals surface area contributed by atoms with E-state index >= 15 is 0 Å². The van der Waals surface area contributed by atoms with Gasteiger partial charge in [-0.3, -0.25) is 14.7 Å². The fourth-order valence-corrected chi connectivity index (χ4v) is 4.78. The number of thioether (sulfide) groups is 1. The number of nitro groups is 1. The van der Waals surface area contributed by atoms with Gasteiger partial charge in [0.2, 0.25) is 0 Å². The Kier molecular flexibility index (Phi) is 4.60. The monoisotopic (exact) mass is 384 g/mol. The van der Waals surface area contributed by atoms with Crippen molar-refractivity contribution in [1.29, 1.82) is 0 Å². The van der Waals surface area contributed by atoms with Gasteiger partial charge in [0.05, 0.1) is 22.3 Å². The minimum Gasteiger partial charge on any atom is -0.716 e. The Morgan fingerprint density at radius 1 is 1.23 bits per heavy atom. The average molecular weight is 384 g/mol. The van der Waals surface area contributed by atoms with Crippen molar-refractivity contribution in [2.75, 3.05) is 18.8 Å². The summed E-state index contributed by atoms with van der Waals surface area (Å²) < 4.78 is 2.35. The number of rotatable bonds is 3. The van der Waals surface area contributed by atoms with Crippen LogP contribution in [0.1, 0.15) is 11.6 Å². The molecule has 6 nitrogen and oxygen atoms in total. The molecule has 0 radical (unpaired) electrons. The molecule has 0 spiro atoms. The first-order chi connectivity index (χ1) is 12.6. The highest BCUT2D eigenvalue weighted by molar-refractivity contribution is 8.13. The molecule has 132 valence electrons. The smallest absolute Gasteiger partial charge is 0.314 e. The maximum atomic E-state index is 10.8. The zero-order chi connectivity index (χ0) is 18.1. The van der Waals surface area contributed by atoms with E-state index in [1.165, 1.54) is 17.7 Å². The lowest BCUT2D eigenvalue weighted by Crippen LogP contribution is -2.34. The molecule has 0 aromatic heterocycles. The Bertz CT molecular complexity index is 897. The van der Waals surface area contributed by atoms with Crippen molar-refractivity contribution in [2.45, 2.75) is 6.04 Å². The van der Waals surface area contributed by atoms with E-state index in [0.29, 0.717) is 10.9 Å². The van der Waals surface area contributed by atoms with E-state index in [1.807, 2.05) is 18.2 Å². The highest BCUT2D eigenvalue weighted by atomic mass is 32.2. The van der Waals surface area contributed by atoms with E-state index in [9.17, 15) is 10.1 Å². The zero-order valence-electron chi connectivity index (χ0n) is 13.8. The summed E-state index contributed by atoms with van der Waals surface area (Å²) in [6, 6.07) is 16.6. The van der Waals surface area contributed by atoms with E-state index in [-0.39, 0.29) is 11.7 Å². The van der Waals surface area contributed by atoms with E-state index in [2.05, 4.69) is 26.6 Å². The van der Waals surface area contributed by atoms with Crippen LogP contribution in [0.5, 0.6) is 0 Å². The molecular formula is C18H16N4O2S2. The molecule has 1 atom stereocenters. The van der Waals surface area contributed by atoms with Crippen LogP contribution in [-0.4, -0.2) is 43.6 Å². The predicted octanol–water partition coefficient (Wildman–Crippen LogP) is 3.30. The number of hydrogen-bond acceptors (Lipinski definition) is 5. The van der Waals surface area contributed by atoms with Gasteiger partial charge in [0.25, 0.3) is 5.69 Å². The minimum absolute atomic E-state index is 0.0464. The van der Waals surface area contributed by atoms with Crippen LogP contribution in [0.15, 0.2) is 59.6 Å². The maximum absolute atomic E-state index is 10.8. The number of aliphatic imine (C=N–C) groups is 1. The Morgan fingerprint density at radius 2 is 1.96 bits per heavy atom. The van der Waals surface area contributed by atoms with Crippen LogP contribution in [-0.2, 0) is 12.6 Å². The number of benzene rings is 2. The van der Waals surface area contributed by atoms with Crippen molar-refractivity contribution < 1.29 is 9.50 Å². The van der Waals surface area contributed by atoms with Crippen molar-refractivity contribution in [1.82, 2.24) is 4.90 Å². The van der Waals surface area contributed by atoms with Gasteiger partial charge in [0.15, 0.2) is 6.04 Å². The molecule has 0 saturated heterocycles. The molecule has 8 heteroatoms. The largest absolute Gasteiger partial charge is 0.716 e. The lowest BCUT2D eigenvalue weighted by Gasteiger charge is -2.25. The zero-order valence-corrected chi connectivity index (χ0v) is 15.4. The van der Waals surface area contributed by atoms with Gasteiger partial charge >= 0.3 is 5.17 Å². The molecule has 0 aliphatic carbocycles. The third kappa shape index (κ3) is 3.17. The Balaban J connectivity index is 1.66. The molecule has 0 fully saturated rings. The SMILES string of the molecule is O=[N+]([O-])c1ccc(N=C([S-])N2C3=[N+](CCS3)CC2c2ccccc2)cc1. The second-order valence-corrected chi connectivity index (χ2v) is 7.47. The van der Waals surface area contributed by atoms with Gasteiger partial charge in [-0.15, -0.1) is 0 Å². The van der Waals surface area contributed by atoms with Crippen molar-refractivity contribution in [3.8, 4) is 0 Å². The second-order valence-electron chi connectivity index (χ2n) is 6.04. The molecule has 2 aromatic rings. The molecule has 2 aliphatic heterocycles. The van der Waals surface area contributed by atoms with Crippen LogP contribution < -0.4 is 0 Å². The van der Waals surface area contributed by atoms with Crippen molar-refractivity contribution in [3.63, 3.8) is 0 Å². The molecule has 0 bridgehead atoms. The third-order valence-corrected chi connectivity index (χ3v) is 5.84. The molecular weight excluding hydrogens is 368 g/mol. The van der Waals surface area contributed by atoms with E-state index in [1.54, 1.807) is 23.9 Å². The molecule has 2 heterocycles. The molecule has 2 aromatic carbocycles. The summed E-state index contributed by atoms with van der Waals surface area (Å²) in [6.07, 6.45) is 0. The van der Waals surface area contributed by atoms with E-state index < -0.39 is 4.92 Å². The summed E-state index contributed by atoms with van der Waals surface area (Å²) in [5, 5.41) is 12.4. The normalized spacial score (nSPS) is 19.8. The number of hydrogen-bond donors (Lipinski definition) is 0. The van der Waals surface area contributed by atoms with Gasteiger partial charge in [-0.2, -0.15) is 0 Å².